The summed E-state index contributed by atoms with van der Waals surface area (Å²) in [6.07, 6.45) is -4.99. The van der Waals surface area contributed by atoms with Crippen LogP contribution in [-0.2, 0) is 9.53 Å². The van der Waals surface area contributed by atoms with E-state index in [0.29, 0.717) is 4.90 Å². The van der Waals surface area contributed by atoms with Gasteiger partial charge >= 0.3 is 5.97 Å². The van der Waals surface area contributed by atoms with Gasteiger partial charge in [0, 0.05) is 34.2 Å². The fourth-order valence-corrected chi connectivity index (χ4v) is 4.66. The van der Waals surface area contributed by atoms with Crippen molar-refractivity contribution in [3.63, 3.8) is 0 Å². The Labute approximate surface area is 183 Å². The fourth-order valence-electron chi connectivity index (χ4n) is 2.65. The van der Waals surface area contributed by atoms with E-state index in [-0.39, 0.29) is 13.0 Å². The third-order valence-corrected chi connectivity index (χ3v) is 6.13. The van der Waals surface area contributed by atoms with Crippen molar-refractivity contribution >= 4 is 34.2 Å². The first-order chi connectivity index (χ1) is 16.5. The van der Waals surface area contributed by atoms with Crippen molar-refractivity contribution in [2.75, 3.05) is 26.1 Å². The molecule has 1 fully saturated rings. The number of nitrogens with zero attached hydrogens (tertiary/aromatic N) is 1. The van der Waals surface area contributed by atoms with E-state index in [4.69, 9.17) is 17.1 Å². The summed E-state index contributed by atoms with van der Waals surface area (Å²) in [5.74, 6) is -5.13. The molecule has 3 nitrogen and oxygen atoms in total. The fraction of sp³-hybridized carbons (Fsp3) is 0.500. The summed E-state index contributed by atoms with van der Waals surface area (Å²) >= 11 is 3.08. The van der Waals surface area contributed by atoms with Crippen LogP contribution in [0.3, 0.4) is 0 Å². The highest BCUT2D eigenvalue weighted by Crippen LogP contribution is 2.35. The molecule has 3 heterocycles. The van der Waals surface area contributed by atoms with E-state index in [2.05, 4.69) is 0 Å². The number of likely N-dealkylation sites (tertiary alicyclic amines) is 1. The highest BCUT2D eigenvalue weighted by molar-refractivity contribution is 7.14. The molecule has 0 spiro atoms. The molecule has 1 saturated heterocycles. The van der Waals surface area contributed by atoms with Gasteiger partial charge < -0.3 is 9.64 Å². The average Bonchev–Trinajstić information content (AvgIpc) is 3.40. The quantitative estimate of drug-likeness (QED) is 0.561. The SMILES string of the molecule is [2H]C1([2H])N(CCC=C(c2sccc2C)c2sccc2C)C([2H])([2H])C([2H])([2H])C([2H])(C(=O)OCC)C1([2H])[2H]. The maximum Gasteiger partial charge on any atom is 0.309 e. The van der Waals surface area contributed by atoms with E-state index >= 15 is 0 Å². The Balaban J connectivity index is 2.05. The predicted molar refractivity (Wildman–Crippen MR) is 116 cm³/mol. The number of esters is 1. The van der Waals surface area contributed by atoms with Crippen LogP contribution in [0.25, 0.3) is 5.57 Å². The van der Waals surface area contributed by atoms with Gasteiger partial charge in [0.15, 0.2) is 0 Å². The molecule has 1 aliphatic heterocycles. The van der Waals surface area contributed by atoms with Gasteiger partial charge in [-0.1, -0.05) is 6.08 Å². The Kier molecular flexibility index (Phi) is 4.13. The van der Waals surface area contributed by atoms with Crippen LogP contribution in [0, 0.1) is 19.7 Å². The zero-order chi connectivity index (χ0) is 27.3. The van der Waals surface area contributed by atoms with Gasteiger partial charge in [-0.15, -0.1) is 22.7 Å². The summed E-state index contributed by atoms with van der Waals surface area (Å²) in [6.45, 7) is -1.77. The summed E-state index contributed by atoms with van der Waals surface area (Å²) < 4.78 is 80.8. The van der Waals surface area contributed by atoms with Crippen LogP contribution in [0.5, 0.6) is 0 Å². The molecule has 0 radical (unpaired) electrons. The van der Waals surface area contributed by atoms with Gasteiger partial charge in [0.2, 0.25) is 0 Å². The lowest BCUT2D eigenvalue weighted by molar-refractivity contribution is -0.149. The summed E-state index contributed by atoms with van der Waals surface area (Å²) in [4.78, 5) is 15.1. The van der Waals surface area contributed by atoms with E-state index in [1.165, 1.54) is 29.6 Å². The van der Waals surface area contributed by atoms with Gasteiger partial charge in [-0.05, 0) is 87.0 Å². The number of carbonyl (C=O) groups excluding carboxylic acids is 1. The lowest BCUT2D eigenvalue weighted by Crippen LogP contribution is -2.37. The predicted octanol–water partition coefficient (Wildman–Crippen LogP) is 5.52. The Hall–Kier alpha value is -1.43. The number of aryl methyl sites for hydroxylation is 2. The Morgan fingerprint density at radius 1 is 1.26 bits per heavy atom. The molecule has 0 bridgehead atoms. The molecule has 146 valence electrons. The molecule has 5 heteroatoms. The third-order valence-electron chi connectivity index (χ3n) is 4.03. The summed E-state index contributed by atoms with van der Waals surface area (Å²) in [5, 5.41) is 3.91. The normalized spacial score (nSPS) is 29.2. The van der Waals surface area contributed by atoms with Crippen molar-refractivity contribution in [1.29, 1.82) is 0 Å². The number of ether oxygens (including phenoxy) is 1. The number of piperidine rings is 1. The van der Waals surface area contributed by atoms with Gasteiger partial charge in [-0.25, -0.2) is 0 Å². The first kappa shape index (κ1) is 11.5. The monoisotopic (exact) mass is 412 g/mol. The second-order valence-corrected chi connectivity index (χ2v) is 7.82. The molecule has 0 unspecified atom stereocenters. The van der Waals surface area contributed by atoms with Gasteiger partial charge in [-0.2, -0.15) is 0 Å². The van der Waals surface area contributed by atoms with Crippen LogP contribution < -0.4 is 0 Å². The maximum atomic E-state index is 12.6. The van der Waals surface area contributed by atoms with Gasteiger partial charge in [0.1, 0.15) is 0 Å². The second-order valence-electron chi connectivity index (χ2n) is 5.99. The zero-order valence-electron chi connectivity index (χ0n) is 24.6. The number of thiophene rings is 2. The minimum absolute atomic E-state index is 0.0690. The van der Waals surface area contributed by atoms with E-state index < -0.39 is 44.1 Å². The summed E-state index contributed by atoms with van der Waals surface area (Å²) in [7, 11) is 0. The molecule has 2 aromatic rings. The number of rotatable bonds is 7. The molecule has 27 heavy (non-hydrogen) atoms. The highest BCUT2D eigenvalue weighted by Gasteiger charge is 2.25. The number of hydrogen-bond acceptors (Lipinski definition) is 5. The van der Waals surface area contributed by atoms with Gasteiger partial charge in [0.05, 0.1) is 12.5 Å². The van der Waals surface area contributed by atoms with E-state index in [1.54, 1.807) is 0 Å². The molecule has 1 aliphatic rings. The van der Waals surface area contributed by atoms with Crippen LogP contribution in [0.2, 0.25) is 0 Å². The third kappa shape index (κ3) is 5.09. The number of carbonyl (C=O) groups is 1. The van der Waals surface area contributed by atoms with Crippen LogP contribution in [0.15, 0.2) is 29.0 Å². The van der Waals surface area contributed by atoms with Crippen molar-refractivity contribution < 1.29 is 21.9 Å². The summed E-state index contributed by atoms with van der Waals surface area (Å²) in [5.41, 5.74) is 2.98. The Morgan fingerprint density at radius 3 is 2.33 bits per heavy atom. The van der Waals surface area contributed by atoms with Crippen LogP contribution in [-0.4, -0.2) is 37.0 Å². The smallest absolute Gasteiger partial charge is 0.309 e. The second kappa shape index (κ2) is 9.67. The van der Waals surface area contributed by atoms with E-state index in [1.807, 2.05) is 42.8 Å². The van der Waals surface area contributed by atoms with Crippen molar-refractivity contribution in [3.05, 3.63) is 49.9 Å². The molecular formula is C22H29NO2S2. The maximum absolute atomic E-state index is 12.6. The van der Waals surface area contributed by atoms with Crippen molar-refractivity contribution in [3.8, 4) is 0 Å². The van der Waals surface area contributed by atoms with Crippen molar-refractivity contribution in [2.45, 2.75) is 39.9 Å². The molecule has 3 rings (SSSR count). The molecule has 0 aliphatic carbocycles. The lowest BCUT2D eigenvalue weighted by Gasteiger charge is -2.30. The highest BCUT2D eigenvalue weighted by atomic mass is 32.1. The molecule has 0 aromatic carbocycles. The minimum Gasteiger partial charge on any atom is -0.466 e. The van der Waals surface area contributed by atoms with E-state index in [0.717, 1.165) is 26.5 Å². The molecule has 0 amide bonds. The van der Waals surface area contributed by atoms with Crippen molar-refractivity contribution in [2.24, 2.45) is 5.89 Å². The Morgan fingerprint density at radius 2 is 1.85 bits per heavy atom. The van der Waals surface area contributed by atoms with Crippen molar-refractivity contribution in [1.82, 2.24) is 4.90 Å². The molecule has 0 saturated carbocycles. The van der Waals surface area contributed by atoms with Gasteiger partial charge in [-0.3, -0.25) is 4.79 Å². The summed E-state index contributed by atoms with van der Waals surface area (Å²) in [6, 6.07) is 3.95. The first-order valence-electron chi connectivity index (χ1n) is 13.2. The van der Waals surface area contributed by atoms with Crippen LogP contribution in [0.4, 0.5) is 0 Å². The standard InChI is InChI=1S/C22H29NO2S2/c1-4-25-22(24)18-7-12-23(13-8-18)11-5-6-19(20-16(2)9-14-26-20)21-17(3)10-15-27-21/h6,9-10,14-15,18H,4-5,7-8,11-13H2,1-3H3/i7D2,8D2,12D2,13D2,18D. The van der Waals surface area contributed by atoms with Crippen LogP contribution >= 0.6 is 22.7 Å². The minimum atomic E-state index is -3.48. The van der Waals surface area contributed by atoms with Gasteiger partial charge in [0.25, 0.3) is 0 Å². The largest absolute Gasteiger partial charge is 0.466 e. The first-order valence-corrected chi connectivity index (χ1v) is 10.5. The molecule has 0 atom stereocenters. The number of hydrogen-bond donors (Lipinski definition) is 0. The van der Waals surface area contributed by atoms with Crippen LogP contribution in [0.1, 0.15) is 59.3 Å². The van der Waals surface area contributed by atoms with E-state index in [9.17, 15) is 4.79 Å². The molecule has 2 aromatic heterocycles. The zero-order valence-corrected chi connectivity index (χ0v) is 17.2. The topological polar surface area (TPSA) is 29.5 Å². The lowest BCUT2D eigenvalue weighted by atomic mass is 9.97. The Bertz CT molecular complexity index is 1090. The molecular weight excluding hydrogens is 374 g/mol. The average molecular weight is 413 g/mol. The molecule has 0 N–H and O–H groups in total.